The van der Waals surface area contributed by atoms with Gasteiger partial charge in [0.15, 0.2) is 0 Å². The van der Waals surface area contributed by atoms with E-state index < -0.39 is 0 Å². The molecule has 0 aliphatic carbocycles. The molecule has 4 heterocycles. The molecule has 176 valence electrons. The Bertz CT molecular complexity index is 1430. The highest BCUT2D eigenvalue weighted by atomic mass is 32.1. The van der Waals surface area contributed by atoms with Gasteiger partial charge in [-0.25, -0.2) is 9.97 Å². The molecule has 6 rings (SSSR count). The molecular weight excluding hydrogens is 460 g/mol. The van der Waals surface area contributed by atoms with Crippen LogP contribution in [0.5, 0.6) is 5.75 Å². The van der Waals surface area contributed by atoms with E-state index >= 15 is 0 Å². The van der Waals surface area contributed by atoms with Gasteiger partial charge in [0.25, 0.3) is 0 Å². The molecule has 1 aliphatic heterocycles. The van der Waals surface area contributed by atoms with E-state index in [1.807, 2.05) is 30.3 Å². The smallest absolute Gasteiger partial charge is 0.241 e. The minimum atomic E-state index is 0.593. The largest absolute Gasteiger partial charge is 0.497 e. The van der Waals surface area contributed by atoms with Crippen LogP contribution in [0.4, 0.5) is 5.82 Å². The summed E-state index contributed by atoms with van der Waals surface area (Å²) in [7, 11) is 1.65. The van der Waals surface area contributed by atoms with Gasteiger partial charge in [-0.3, -0.25) is 4.90 Å². The zero-order valence-corrected chi connectivity index (χ0v) is 20.1. The molecule has 0 radical (unpaired) electrons. The second-order valence-electron chi connectivity index (χ2n) is 8.40. The number of fused-ring (bicyclic) bond motifs is 1. The Hall–Kier alpha value is -3.82. The first-order valence-corrected chi connectivity index (χ1v) is 12.4. The number of aromatic nitrogens is 4. The van der Waals surface area contributed by atoms with E-state index in [-0.39, 0.29) is 0 Å². The van der Waals surface area contributed by atoms with Crippen LogP contribution in [0.1, 0.15) is 5.89 Å². The average molecular weight is 485 g/mol. The highest BCUT2D eigenvalue weighted by Gasteiger charge is 2.23. The fourth-order valence-corrected chi connectivity index (χ4v) is 5.33. The Morgan fingerprint density at radius 3 is 2.51 bits per heavy atom. The van der Waals surface area contributed by atoms with E-state index in [4.69, 9.17) is 14.2 Å². The van der Waals surface area contributed by atoms with Crippen LogP contribution in [0.15, 0.2) is 70.8 Å². The molecule has 0 amide bonds. The van der Waals surface area contributed by atoms with E-state index in [1.54, 1.807) is 24.8 Å². The lowest BCUT2D eigenvalue weighted by atomic mass is 10.1. The first-order chi connectivity index (χ1) is 17.3. The molecule has 0 N–H and O–H groups in total. The lowest BCUT2D eigenvalue weighted by molar-refractivity contribution is 0.215. The van der Waals surface area contributed by atoms with E-state index in [2.05, 4.69) is 54.6 Å². The summed E-state index contributed by atoms with van der Waals surface area (Å²) in [4.78, 5) is 19.5. The van der Waals surface area contributed by atoms with Crippen LogP contribution < -0.4 is 9.64 Å². The number of methoxy groups -OCH3 is 1. The summed E-state index contributed by atoms with van der Waals surface area (Å²) < 4.78 is 10.8. The second kappa shape index (κ2) is 9.44. The molecule has 0 spiro atoms. The zero-order valence-electron chi connectivity index (χ0n) is 19.3. The molecule has 2 aromatic carbocycles. The SMILES string of the molecule is COc1ccc(-c2noc(CN3CCN(c4ncnc5scc(-c6ccccc6)c45)CC3)n2)cc1. The predicted molar refractivity (Wildman–Crippen MR) is 137 cm³/mol. The average Bonchev–Trinajstić information content (AvgIpc) is 3.57. The number of hydrogen-bond acceptors (Lipinski definition) is 9. The van der Waals surface area contributed by atoms with Crippen molar-refractivity contribution >= 4 is 27.4 Å². The third kappa shape index (κ3) is 4.36. The zero-order chi connectivity index (χ0) is 23.6. The minimum absolute atomic E-state index is 0.593. The maximum absolute atomic E-state index is 5.53. The Morgan fingerprint density at radius 2 is 1.74 bits per heavy atom. The van der Waals surface area contributed by atoms with E-state index in [1.165, 1.54) is 11.1 Å². The summed E-state index contributed by atoms with van der Waals surface area (Å²) in [6, 6.07) is 18.1. The van der Waals surface area contributed by atoms with Crippen LogP contribution in [-0.4, -0.2) is 58.3 Å². The van der Waals surface area contributed by atoms with Gasteiger partial charge in [-0.05, 0) is 29.8 Å². The lowest BCUT2D eigenvalue weighted by Gasteiger charge is -2.35. The molecule has 1 saturated heterocycles. The van der Waals surface area contributed by atoms with Crippen molar-refractivity contribution in [3.63, 3.8) is 0 Å². The monoisotopic (exact) mass is 484 g/mol. The van der Waals surface area contributed by atoms with Crippen LogP contribution >= 0.6 is 11.3 Å². The Morgan fingerprint density at radius 1 is 0.943 bits per heavy atom. The van der Waals surface area contributed by atoms with Gasteiger partial charge < -0.3 is 14.2 Å². The number of benzene rings is 2. The maximum atomic E-state index is 5.53. The van der Waals surface area contributed by atoms with Gasteiger partial charge >= 0.3 is 0 Å². The molecule has 0 atom stereocenters. The molecule has 35 heavy (non-hydrogen) atoms. The van der Waals surface area contributed by atoms with Crippen molar-refractivity contribution in [2.75, 3.05) is 38.2 Å². The minimum Gasteiger partial charge on any atom is -0.497 e. The predicted octanol–water partition coefficient (Wildman–Crippen LogP) is 4.74. The highest BCUT2D eigenvalue weighted by Crippen LogP contribution is 2.38. The van der Waals surface area contributed by atoms with Gasteiger partial charge in [0.05, 0.1) is 19.0 Å². The fourth-order valence-electron chi connectivity index (χ4n) is 4.41. The van der Waals surface area contributed by atoms with E-state index in [0.717, 1.165) is 53.5 Å². The standard InChI is InChI=1S/C26H24N6O2S/c1-33-20-9-7-19(8-10-20)24-29-22(34-30-24)15-31-11-13-32(14-12-31)25-23-21(18-5-3-2-4-6-18)16-35-26(23)28-17-27-25/h2-10,16-17H,11-15H2,1H3. The number of hydrogen-bond donors (Lipinski definition) is 0. The van der Waals surface area contributed by atoms with Gasteiger partial charge in [-0.2, -0.15) is 4.98 Å². The molecule has 0 bridgehead atoms. The van der Waals surface area contributed by atoms with Crippen LogP contribution in [0, 0.1) is 0 Å². The van der Waals surface area contributed by atoms with Gasteiger partial charge in [0, 0.05) is 42.7 Å². The number of ether oxygens (including phenoxy) is 1. The summed E-state index contributed by atoms with van der Waals surface area (Å²) >= 11 is 1.67. The van der Waals surface area contributed by atoms with Crippen LogP contribution in [0.3, 0.4) is 0 Å². The fraction of sp³-hybridized carbons (Fsp3) is 0.231. The number of piperazine rings is 1. The summed E-state index contributed by atoms with van der Waals surface area (Å²) in [5, 5.41) is 7.48. The quantitative estimate of drug-likeness (QED) is 0.342. The van der Waals surface area contributed by atoms with E-state index in [0.29, 0.717) is 18.3 Å². The van der Waals surface area contributed by atoms with Gasteiger partial charge in [-0.1, -0.05) is 35.5 Å². The lowest BCUT2D eigenvalue weighted by Crippen LogP contribution is -2.46. The molecule has 5 aromatic rings. The van der Waals surface area contributed by atoms with Crippen molar-refractivity contribution in [2.24, 2.45) is 0 Å². The number of rotatable bonds is 6. The summed E-state index contributed by atoms with van der Waals surface area (Å²) in [6.45, 7) is 4.14. The van der Waals surface area contributed by atoms with Crippen molar-refractivity contribution in [3.8, 4) is 28.3 Å². The number of nitrogens with zero attached hydrogens (tertiary/aromatic N) is 6. The van der Waals surface area contributed by atoms with Crippen molar-refractivity contribution in [3.05, 3.63) is 72.2 Å². The molecule has 3 aromatic heterocycles. The topological polar surface area (TPSA) is 80.4 Å². The first-order valence-electron chi connectivity index (χ1n) is 11.5. The summed E-state index contributed by atoms with van der Waals surface area (Å²) in [5.74, 6) is 3.03. The molecule has 1 aliphatic rings. The normalized spacial score (nSPS) is 14.5. The number of thiophene rings is 1. The van der Waals surface area contributed by atoms with Gasteiger partial charge in [-0.15, -0.1) is 11.3 Å². The van der Waals surface area contributed by atoms with Crippen LogP contribution in [0.25, 0.3) is 32.7 Å². The van der Waals surface area contributed by atoms with Crippen molar-refractivity contribution in [1.29, 1.82) is 0 Å². The Kier molecular flexibility index (Phi) is 5.85. The summed E-state index contributed by atoms with van der Waals surface area (Å²) in [6.07, 6.45) is 1.68. The molecule has 8 nitrogen and oxygen atoms in total. The third-order valence-corrected chi connectivity index (χ3v) is 7.17. The second-order valence-corrected chi connectivity index (χ2v) is 9.25. The molecular formula is C26H24N6O2S. The van der Waals surface area contributed by atoms with Crippen LogP contribution in [-0.2, 0) is 6.54 Å². The Balaban J connectivity index is 1.15. The van der Waals surface area contributed by atoms with Crippen LogP contribution in [0.2, 0.25) is 0 Å². The Labute approximate surface area is 206 Å². The van der Waals surface area contributed by atoms with Gasteiger partial charge in [0.1, 0.15) is 22.7 Å². The van der Waals surface area contributed by atoms with Crippen molar-refractivity contribution < 1.29 is 9.26 Å². The maximum Gasteiger partial charge on any atom is 0.241 e. The molecule has 0 saturated carbocycles. The molecule has 1 fully saturated rings. The first kappa shape index (κ1) is 21.7. The van der Waals surface area contributed by atoms with Crippen molar-refractivity contribution in [1.82, 2.24) is 25.0 Å². The van der Waals surface area contributed by atoms with Crippen molar-refractivity contribution in [2.45, 2.75) is 6.54 Å². The third-order valence-electron chi connectivity index (χ3n) is 6.28. The highest BCUT2D eigenvalue weighted by molar-refractivity contribution is 7.17. The number of anilines is 1. The summed E-state index contributed by atoms with van der Waals surface area (Å²) in [5.41, 5.74) is 3.29. The van der Waals surface area contributed by atoms with E-state index in [9.17, 15) is 0 Å². The van der Waals surface area contributed by atoms with Gasteiger partial charge in [0.2, 0.25) is 11.7 Å². The molecule has 9 heteroatoms. The molecule has 0 unspecified atom stereocenters.